The Hall–Kier alpha value is -1.73. The fourth-order valence-corrected chi connectivity index (χ4v) is 3.12. The second kappa shape index (κ2) is 8.39. The van der Waals surface area contributed by atoms with Crippen LogP contribution in [-0.4, -0.2) is 45.3 Å². The zero-order valence-corrected chi connectivity index (χ0v) is 15.7. The summed E-state index contributed by atoms with van der Waals surface area (Å²) < 4.78 is 5.62. The van der Waals surface area contributed by atoms with E-state index in [1.54, 1.807) is 43.3 Å². The highest BCUT2D eigenvalue weighted by molar-refractivity contribution is 8.00. The molecule has 0 fully saturated rings. The molecule has 0 aliphatic carbocycles. The van der Waals surface area contributed by atoms with Gasteiger partial charge in [-0.2, -0.15) is 0 Å². The summed E-state index contributed by atoms with van der Waals surface area (Å²) in [6.45, 7) is 4.29. The molecule has 0 aliphatic heterocycles. The standard InChI is InChI=1S/C16H21ClN4O2S/c1-10(2)14(15(22)21(3)4)24-16-18-13(19-20-16)9-23-12-7-5-11(17)6-8-12/h5-8,10,14H,9H2,1-4H3,(H,18,19,20)/t14-/m0/s1. The number of amides is 1. The maximum absolute atomic E-state index is 12.2. The molecule has 24 heavy (non-hydrogen) atoms. The summed E-state index contributed by atoms with van der Waals surface area (Å²) >= 11 is 7.20. The first kappa shape index (κ1) is 18.6. The van der Waals surface area contributed by atoms with Crippen molar-refractivity contribution >= 4 is 29.3 Å². The molecule has 1 amide bonds. The van der Waals surface area contributed by atoms with Crippen molar-refractivity contribution in [2.24, 2.45) is 5.92 Å². The molecular formula is C16H21ClN4O2S. The summed E-state index contributed by atoms with van der Waals surface area (Å²) in [5.41, 5.74) is 0. The summed E-state index contributed by atoms with van der Waals surface area (Å²) in [6, 6.07) is 7.11. The molecule has 0 bridgehead atoms. The van der Waals surface area contributed by atoms with Crippen molar-refractivity contribution in [1.82, 2.24) is 20.1 Å². The first-order valence-corrected chi connectivity index (χ1v) is 8.80. The first-order chi connectivity index (χ1) is 11.4. The van der Waals surface area contributed by atoms with E-state index < -0.39 is 0 Å². The van der Waals surface area contributed by atoms with E-state index in [1.807, 2.05) is 13.8 Å². The number of rotatable bonds is 7. The minimum atomic E-state index is -0.221. The summed E-state index contributed by atoms with van der Waals surface area (Å²) in [5.74, 6) is 1.54. The van der Waals surface area contributed by atoms with Crippen LogP contribution in [0.5, 0.6) is 5.75 Å². The van der Waals surface area contributed by atoms with Crippen LogP contribution in [0.3, 0.4) is 0 Å². The molecule has 0 radical (unpaired) electrons. The SMILES string of the molecule is CC(C)[C@H](Sc1n[nH]c(COc2ccc(Cl)cc2)n1)C(=O)N(C)C. The van der Waals surface area contributed by atoms with Crippen molar-refractivity contribution in [2.75, 3.05) is 14.1 Å². The van der Waals surface area contributed by atoms with Gasteiger partial charge in [-0.25, -0.2) is 4.98 Å². The predicted molar refractivity (Wildman–Crippen MR) is 95.3 cm³/mol. The van der Waals surface area contributed by atoms with E-state index in [9.17, 15) is 4.79 Å². The average molecular weight is 369 g/mol. The summed E-state index contributed by atoms with van der Waals surface area (Å²) in [5, 5.41) is 7.98. The van der Waals surface area contributed by atoms with E-state index in [4.69, 9.17) is 16.3 Å². The molecule has 130 valence electrons. The molecule has 2 aromatic rings. The number of carbonyl (C=O) groups excluding carboxylic acids is 1. The third-order valence-corrected chi connectivity index (χ3v) is 4.87. The quantitative estimate of drug-likeness (QED) is 0.759. The number of aromatic amines is 1. The minimum Gasteiger partial charge on any atom is -0.486 e. The van der Waals surface area contributed by atoms with E-state index in [2.05, 4.69) is 15.2 Å². The monoisotopic (exact) mass is 368 g/mol. The van der Waals surface area contributed by atoms with Gasteiger partial charge in [0.1, 0.15) is 12.4 Å². The number of nitrogens with zero attached hydrogens (tertiary/aromatic N) is 3. The number of thioether (sulfide) groups is 1. The van der Waals surface area contributed by atoms with Gasteiger partial charge in [0.05, 0.1) is 5.25 Å². The van der Waals surface area contributed by atoms with Crippen molar-refractivity contribution < 1.29 is 9.53 Å². The number of nitrogens with one attached hydrogen (secondary N) is 1. The van der Waals surface area contributed by atoms with Crippen LogP contribution < -0.4 is 4.74 Å². The molecule has 0 saturated heterocycles. The Balaban J connectivity index is 1.96. The fraction of sp³-hybridized carbons (Fsp3) is 0.438. The molecule has 8 heteroatoms. The smallest absolute Gasteiger partial charge is 0.235 e. The average Bonchev–Trinajstić information content (AvgIpc) is 2.98. The molecule has 0 unspecified atom stereocenters. The van der Waals surface area contributed by atoms with Crippen LogP contribution in [-0.2, 0) is 11.4 Å². The Labute approximate surface area is 150 Å². The lowest BCUT2D eigenvalue weighted by Gasteiger charge is -2.21. The van der Waals surface area contributed by atoms with Crippen LogP contribution >= 0.6 is 23.4 Å². The van der Waals surface area contributed by atoms with Crippen molar-refractivity contribution in [3.05, 3.63) is 35.1 Å². The maximum Gasteiger partial charge on any atom is 0.235 e. The lowest BCUT2D eigenvalue weighted by molar-refractivity contribution is -0.128. The molecule has 1 aromatic heterocycles. The molecule has 0 aliphatic rings. The van der Waals surface area contributed by atoms with Gasteiger partial charge in [-0.15, -0.1) is 5.10 Å². The van der Waals surface area contributed by atoms with Crippen molar-refractivity contribution in [3.63, 3.8) is 0 Å². The third-order valence-electron chi connectivity index (χ3n) is 3.22. The van der Waals surface area contributed by atoms with E-state index >= 15 is 0 Å². The second-order valence-corrected chi connectivity index (χ2v) is 7.37. The van der Waals surface area contributed by atoms with Gasteiger partial charge in [0, 0.05) is 19.1 Å². The van der Waals surface area contributed by atoms with Gasteiger partial charge in [0.25, 0.3) is 0 Å². The Morgan fingerprint density at radius 1 is 1.33 bits per heavy atom. The van der Waals surface area contributed by atoms with Gasteiger partial charge in [-0.3, -0.25) is 9.89 Å². The molecule has 1 N–H and O–H groups in total. The van der Waals surface area contributed by atoms with Crippen molar-refractivity contribution in [1.29, 1.82) is 0 Å². The van der Waals surface area contributed by atoms with Crippen LogP contribution in [0.15, 0.2) is 29.4 Å². The normalized spacial score (nSPS) is 12.2. The number of halogens is 1. The number of ether oxygens (including phenoxy) is 1. The number of hydrogen-bond acceptors (Lipinski definition) is 5. The van der Waals surface area contributed by atoms with E-state index in [0.29, 0.717) is 21.8 Å². The lowest BCUT2D eigenvalue weighted by Crippen LogP contribution is -2.34. The summed E-state index contributed by atoms with van der Waals surface area (Å²) in [7, 11) is 3.50. The predicted octanol–water partition coefficient (Wildman–Crippen LogP) is 3.24. The Kier molecular flexibility index (Phi) is 6.51. The largest absolute Gasteiger partial charge is 0.486 e. The van der Waals surface area contributed by atoms with Gasteiger partial charge in [-0.1, -0.05) is 37.2 Å². The van der Waals surface area contributed by atoms with E-state index in [-0.39, 0.29) is 23.7 Å². The molecule has 1 atom stereocenters. The Bertz CT molecular complexity index is 673. The molecule has 6 nitrogen and oxygen atoms in total. The van der Waals surface area contributed by atoms with Crippen LogP contribution in [0.4, 0.5) is 0 Å². The number of H-pyrrole nitrogens is 1. The van der Waals surface area contributed by atoms with Gasteiger partial charge < -0.3 is 9.64 Å². The van der Waals surface area contributed by atoms with Crippen LogP contribution in [0, 0.1) is 5.92 Å². The number of hydrogen-bond donors (Lipinski definition) is 1. The molecular weight excluding hydrogens is 348 g/mol. The summed E-state index contributed by atoms with van der Waals surface area (Å²) in [6.07, 6.45) is 0. The molecule has 0 saturated carbocycles. The number of benzene rings is 1. The zero-order chi connectivity index (χ0) is 17.7. The van der Waals surface area contributed by atoms with Gasteiger partial charge in [-0.05, 0) is 30.2 Å². The Morgan fingerprint density at radius 3 is 2.58 bits per heavy atom. The van der Waals surface area contributed by atoms with Crippen molar-refractivity contribution in [2.45, 2.75) is 30.9 Å². The first-order valence-electron chi connectivity index (χ1n) is 7.54. The van der Waals surface area contributed by atoms with E-state index in [1.165, 1.54) is 11.8 Å². The fourth-order valence-electron chi connectivity index (χ4n) is 1.92. The minimum absolute atomic E-state index is 0.0544. The van der Waals surface area contributed by atoms with Crippen LogP contribution in [0.25, 0.3) is 0 Å². The van der Waals surface area contributed by atoms with Crippen LogP contribution in [0.1, 0.15) is 19.7 Å². The second-order valence-electron chi connectivity index (χ2n) is 5.82. The van der Waals surface area contributed by atoms with Gasteiger partial charge in [0.2, 0.25) is 11.1 Å². The molecule has 1 aromatic carbocycles. The van der Waals surface area contributed by atoms with Crippen molar-refractivity contribution in [3.8, 4) is 5.75 Å². The van der Waals surface area contributed by atoms with Crippen LogP contribution in [0.2, 0.25) is 5.02 Å². The zero-order valence-electron chi connectivity index (χ0n) is 14.1. The topological polar surface area (TPSA) is 71.1 Å². The highest BCUT2D eigenvalue weighted by Crippen LogP contribution is 2.27. The molecule has 0 spiro atoms. The lowest BCUT2D eigenvalue weighted by atomic mass is 10.1. The summed E-state index contributed by atoms with van der Waals surface area (Å²) in [4.78, 5) is 18.2. The number of carbonyl (C=O) groups is 1. The highest BCUT2D eigenvalue weighted by Gasteiger charge is 2.26. The van der Waals surface area contributed by atoms with E-state index in [0.717, 1.165) is 0 Å². The molecule has 2 rings (SSSR count). The number of aromatic nitrogens is 3. The third kappa shape index (κ3) is 5.14. The van der Waals surface area contributed by atoms with Gasteiger partial charge in [0.15, 0.2) is 5.82 Å². The molecule has 1 heterocycles. The Morgan fingerprint density at radius 2 is 2.00 bits per heavy atom. The highest BCUT2D eigenvalue weighted by atomic mass is 35.5. The maximum atomic E-state index is 12.2. The van der Waals surface area contributed by atoms with Gasteiger partial charge >= 0.3 is 0 Å².